The van der Waals surface area contributed by atoms with E-state index in [0.29, 0.717) is 17.7 Å². The molecule has 27 heavy (non-hydrogen) atoms. The second-order valence-electron chi connectivity index (χ2n) is 6.01. The number of phenolic OH excluding ortho intramolecular Hbond substituents is 1. The molecular weight excluding hydrogens is 344 g/mol. The van der Waals surface area contributed by atoms with Crippen molar-refractivity contribution in [3.8, 4) is 5.75 Å². The first-order valence-corrected chi connectivity index (χ1v) is 8.62. The first-order chi connectivity index (χ1) is 13.0. The van der Waals surface area contributed by atoms with Gasteiger partial charge >= 0.3 is 11.9 Å². The number of rotatable bonds is 5. The number of carboxylic acids is 1. The summed E-state index contributed by atoms with van der Waals surface area (Å²) in [5.41, 5.74) is 0.477. The van der Waals surface area contributed by atoms with Gasteiger partial charge in [0.05, 0.1) is 11.7 Å². The van der Waals surface area contributed by atoms with E-state index in [1.54, 1.807) is 37.3 Å². The number of aromatic hydroxyl groups is 1. The van der Waals surface area contributed by atoms with Gasteiger partial charge in [0.25, 0.3) is 0 Å². The molecule has 0 amide bonds. The van der Waals surface area contributed by atoms with E-state index in [1.165, 1.54) is 0 Å². The van der Waals surface area contributed by atoms with Crippen LogP contribution in [0.2, 0.25) is 0 Å². The zero-order valence-electron chi connectivity index (χ0n) is 15.0. The van der Waals surface area contributed by atoms with Crippen molar-refractivity contribution in [3.05, 3.63) is 78.4 Å². The van der Waals surface area contributed by atoms with Gasteiger partial charge in [-0.15, -0.1) is 0 Å². The standard InChI is InChI=1S/C12H14O4.C10H8O/c1-9(7-8-11(13)14)16-12(15)10-5-3-2-4-6-10;11-10-7-3-5-8-4-1-2-6-9(8)10/h2-6,9H,7-8H2,1H3,(H,13,14);1-7,11H. The summed E-state index contributed by atoms with van der Waals surface area (Å²) in [5.74, 6) is -0.954. The zero-order valence-corrected chi connectivity index (χ0v) is 15.0. The van der Waals surface area contributed by atoms with Crippen molar-refractivity contribution in [2.24, 2.45) is 0 Å². The molecular formula is C22H22O5. The van der Waals surface area contributed by atoms with Gasteiger partial charge in [-0.1, -0.05) is 54.6 Å². The fourth-order valence-corrected chi connectivity index (χ4v) is 2.42. The largest absolute Gasteiger partial charge is 0.507 e. The molecule has 0 aliphatic rings. The van der Waals surface area contributed by atoms with Crippen molar-refractivity contribution in [3.63, 3.8) is 0 Å². The van der Waals surface area contributed by atoms with Crippen LogP contribution in [-0.4, -0.2) is 28.3 Å². The monoisotopic (exact) mass is 366 g/mol. The average Bonchev–Trinajstić information content (AvgIpc) is 2.68. The Bertz CT molecular complexity index is 884. The van der Waals surface area contributed by atoms with Gasteiger partial charge < -0.3 is 14.9 Å². The molecule has 2 N–H and O–H groups in total. The third-order valence-electron chi connectivity index (χ3n) is 3.85. The molecule has 1 unspecified atom stereocenters. The van der Waals surface area contributed by atoms with Gasteiger partial charge in [-0.25, -0.2) is 4.79 Å². The Balaban J connectivity index is 0.000000206. The number of aliphatic carboxylic acids is 1. The third kappa shape index (κ3) is 6.47. The van der Waals surface area contributed by atoms with Crippen molar-refractivity contribution < 1.29 is 24.5 Å². The maximum atomic E-state index is 11.5. The van der Waals surface area contributed by atoms with Crippen LogP contribution in [0.15, 0.2) is 72.8 Å². The van der Waals surface area contributed by atoms with Crippen molar-refractivity contribution in [2.75, 3.05) is 0 Å². The van der Waals surface area contributed by atoms with Crippen LogP contribution in [0.5, 0.6) is 5.75 Å². The van der Waals surface area contributed by atoms with Gasteiger partial charge in [-0.05, 0) is 36.9 Å². The first-order valence-electron chi connectivity index (χ1n) is 8.62. The van der Waals surface area contributed by atoms with E-state index in [-0.39, 0.29) is 12.5 Å². The van der Waals surface area contributed by atoms with Crippen molar-refractivity contribution in [1.29, 1.82) is 0 Å². The number of hydrogen-bond acceptors (Lipinski definition) is 4. The number of esters is 1. The Morgan fingerprint density at radius 2 is 1.56 bits per heavy atom. The van der Waals surface area contributed by atoms with E-state index in [2.05, 4.69) is 0 Å². The van der Waals surface area contributed by atoms with Crippen LogP contribution in [0.25, 0.3) is 10.8 Å². The summed E-state index contributed by atoms with van der Waals surface area (Å²) >= 11 is 0. The molecule has 3 rings (SSSR count). The fourth-order valence-electron chi connectivity index (χ4n) is 2.42. The molecule has 3 aromatic carbocycles. The minimum Gasteiger partial charge on any atom is -0.507 e. The Hall–Kier alpha value is -3.34. The molecule has 0 aliphatic heterocycles. The molecule has 1 atom stereocenters. The summed E-state index contributed by atoms with van der Waals surface area (Å²) in [5, 5.41) is 19.8. The molecule has 0 fully saturated rings. The predicted molar refractivity (Wildman–Crippen MR) is 104 cm³/mol. The molecule has 0 aliphatic carbocycles. The second kappa shape index (κ2) is 9.97. The lowest BCUT2D eigenvalue weighted by Crippen LogP contribution is -2.16. The molecule has 0 spiro atoms. The highest BCUT2D eigenvalue weighted by molar-refractivity contribution is 5.89. The van der Waals surface area contributed by atoms with E-state index in [9.17, 15) is 14.7 Å². The van der Waals surface area contributed by atoms with Gasteiger partial charge in [0.2, 0.25) is 0 Å². The Morgan fingerprint density at radius 3 is 2.22 bits per heavy atom. The number of carboxylic acid groups (broad SMARTS) is 1. The lowest BCUT2D eigenvalue weighted by Gasteiger charge is -2.11. The molecule has 5 nitrogen and oxygen atoms in total. The SMILES string of the molecule is CC(CCC(=O)O)OC(=O)c1ccccc1.Oc1cccc2ccccc12. The molecule has 0 aromatic heterocycles. The molecule has 0 saturated carbocycles. The van der Waals surface area contributed by atoms with E-state index in [1.807, 2.05) is 42.5 Å². The lowest BCUT2D eigenvalue weighted by molar-refractivity contribution is -0.137. The molecule has 5 heteroatoms. The van der Waals surface area contributed by atoms with Crippen LogP contribution < -0.4 is 0 Å². The Labute approximate surface area is 157 Å². The maximum Gasteiger partial charge on any atom is 0.338 e. The van der Waals surface area contributed by atoms with Gasteiger partial charge in [-0.3, -0.25) is 4.79 Å². The summed E-state index contributed by atoms with van der Waals surface area (Å²) in [6.07, 6.45) is -0.0549. The van der Waals surface area contributed by atoms with Crippen LogP contribution in [0.4, 0.5) is 0 Å². The van der Waals surface area contributed by atoms with E-state index >= 15 is 0 Å². The summed E-state index contributed by atoms with van der Waals surface area (Å²) < 4.78 is 5.08. The highest BCUT2D eigenvalue weighted by Crippen LogP contribution is 2.22. The van der Waals surface area contributed by atoms with Gasteiger partial charge in [0, 0.05) is 11.8 Å². The first kappa shape index (κ1) is 20.0. The number of fused-ring (bicyclic) bond motifs is 1. The Kier molecular flexibility index (Phi) is 7.37. The summed E-state index contributed by atoms with van der Waals surface area (Å²) in [6, 6.07) is 21.9. The van der Waals surface area contributed by atoms with Gasteiger partial charge in [0.1, 0.15) is 5.75 Å². The van der Waals surface area contributed by atoms with Crippen LogP contribution in [0.1, 0.15) is 30.1 Å². The van der Waals surface area contributed by atoms with Crippen molar-refractivity contribution in [1.82, 2.24) is 0 Å². The molecule has 140 valence electrons. The summed E-state index contributed by atoms with van der Waals surface area (Å²) in [6.45, 7) is 1.68. The minimum atomic E-state index is -0.886. The van der Waals surface area contributed by atoms with Crippen molar-refractivity contribution >= 4 is 22.7 Å². The molecule has 0 bridgehead atoms. The zero-order chi connectivity index (χ0) is 19.6. The molecule has 3 aromatic rings. The predicted octanol–water partition coefficient (Wildman–Crippen LogP) is 4.64. The smallest absolute Gasteiger partial charge is 0.338 e. The summed E-state index contributed by atoms with van der Waals surface area (Å²) in [7, 11) is 0. The number of benzene rings is 3. The average molecular weight is 366 g/mol. The van der Waals surface area contributed by atoms with Crippen LogP contribution in [0, 0.1) is 0 Å². The van der Waals surface area contributed by atoms with E-state index in [4.69, 9.17) is 9.84 Å². The number of ether oxygens (including phenoxy) is 1. The van der Waals surface area contributed by atoms with Crippen LogP contribution in [0.3, 0.4) is 0 Å². The van der Waals surface area contributed by atoms with E-state index in [0.717, 1.165) is 10.8 Å². The van der Waals surface area contributed by atoms with E-state index < -0.39 is 11.9 Å². The number of carbonyl (C=O) groups excluding carboxylic acids is 1. The lowest BCUT2D eigenvalue weighted by atomic mass is 10.1. The second-order valence-corrected chi connectivity index (χ2v) is 6.01. The fraction of sp³-hybridized carbons (Fsp3) is 0.182. The molecule has 0 saturated heterocycles. The number of hydrogen-bond donors (Lipinski definition) is 2. The topological polar surface area (TPSA) is 83.8 Å². The normalized spacial score (nSPS) is 11.1. The number of phenols is 1. The highest BCUT2D eigenvalue weighted by Gasteiger charge is 2.12. The quantitative estimate of drug-likeness (QED) is 0.643. The molecule has 0 heterocycles. The Morgan fingerprint density at radius 1 is 0.926 bits per heavy atom. The van der Waals surface area contributed by atoms with Crippen LogP contribution in [-0.2, 0) is 9.53 Å². The minimum absolute atomic E-state index is 0.00321. The third-order valence-corrected chi connectivity index (χ3v) is 3.85. The van der Waals surface area contributed by atoms with Gasteiger partial charge in [0.15, 0.2) is 0 Å². The van der Waals surface area contributed by atoms with Crippen molar-refractivity contribution in [2.45, 2.75) is 25.9 Å². The highest BCUT2D eigenvalue weighted by atomic mass is 16.5. The van der Waals surface area contributed by atoms with Crippen LogP contribution >= 0.6 is 0 Å². The summed E-state index contributed by atoms with van der Waals surface area (Å²) in [4.78, 5) is 21.8. The maximum absolute atomic E-state index is 11.5. The number of carbonyl (C=O) groups is 2. The molecule has 0 radical (unpaired) electrons. The van der Waals surface area contributed by atoms with Gasteiger partial charge in [-0.2, -0.15) is 0 Å².